The molecular formula is C12H13NO. The third-order valence-corrected chi connectivity index (χ3v) is 2.63. The fourth-order valence-corrected chi connectivity index (χ4v) is 1.91. The first-order chi connectivity index (χ1) is 6.83. The zero-order chi connectivity index (χ0) is 9.97. The molecule has 1 aromatic rings. The second kappa shape index (κ2) is 3.66. The van der Waals surface area contributed by atoms with Gasteiger partial charge in [0.05, 0.1) is 5.92 Å². The predicted molar refractivity (Wildman–Crippen MR) is 57.5 cm³/mol. The molecule has 0 saturated carbocycles. The number of carbonyl (C=O) groups excluding carboxylic acids is 1. The van der Waals surface area contributed by atoms with E-state index in [-0.39, 0.29) is 11.7 Å². The van der Waals surface area contributed by atoms with E-state index in [4.69, 9.17) is 0 Å². The summed E-state index contributed by atoms with van der Waals surface area (Å²) >= 11 is 0. The largest absolute Gasteiger partial charge is 0.385 e. The molecule has 1 atom stereocenters. The molecule has 1 aliphatic heterocycles. The van der Waals surface area contributed by atoms with Gasteiger partial charge < -0.3 is 5.32 Å². The van der Waals surface area contributed by atoms with Gasteiger partial charge >= 0.3 is 0 Å². The number of carbonyl (C=O) groups is 1. The number of nitrogens with one attached hydrogen (secondary N) is 1. The molecule has 0 amide bonds. The highest BCUT2D eigenvalue weighted by molar-refractivity contribution is 5.96. The van der Waals surface area contributed by atoms with Gasteiger partial charge in [0.25, 0.3) is 0 Å². The Balaban J connectivity index is 2.40. The fourth-order valence-electron chi connectivity index (χ4n) is 1.91. The molecule has 0 saturated heterocycles. The lowest BCUT2D eigenvalue weighted by atomic mass is 9.88. The number of allylic oxidation sites excluding steroid dienone is 1. The van der Waals surface area contributed by atoms with E-state index in [2.05, 4.69) is 11.9 Å². The van der Waals surface area contributed by atoms with E-state index in [1.807, 2.05) is 24.3 Å². The van der Waals surface area contributed by atoms with Crippen molar-refractivity contribution in [1.29, 1.82) is 0 Å². The molecule has 72 valence electrons. The van der Waals surface area contributed by atoms with Gasteiger partial charge in [0.15, 0.2) is 5.78 Å². The molecule has 2 rings (SSSR count). The monoisotopic (exact) mass is 187 g/mol. The Labute approximate surface area is 83.6 Å². The number of para-hydroxylation sites is 1. The van der Waals surface area contributed by atoms with Crippen LogP contribution in [0.3, 0.4) is 0 Å². The van der Waals surface area contributed by atoms with Gasteiger partial charge in [0, 0.05) is 12.2 Å². The highest BCUT2D eigenvalue weighted by Gasteiger charge is 2.23. The number of hydrogen-bond acceptors (Lipinski definition) is 2. The molecular weight excluding hydrogens is 174 g/mol. The van der Waals surface area contributed by atoms with Crippen molar-refractivity contribution in [1.82, 2.24) is 0 Å². The van der Waals surface area contributed by atoms with Crippen molar-refractivity contribution in [2.45, 2.75) is 12.3 Å². The molecule has 0 aromatic heterocycles. The normalized spacial score (nSPS) is 19.3. The summed E-state index contributed by atoms with van der Waals surface area (Å²) in [5.74, 6) is 0.129. The van der Waals surface area contributed by atoms with E-state index in [9.17, 15) is 4.79 Å². The minimum Gasteiger partial charge on any atom is -0.385 e. The summed E-state index contributed by atoms with van der Waals surface area (Å²) in [6, 6.07) is 7.97. The van der Waals surface area contributed by atoms with Gasteiger partial charge in [-0.2, -0.15) is 0 Å². The number of ketones is 1. The van der Waals surface area contributed by atoms with E-state index in [1.54, 1.807) is 0 Å². The predicted octanol–water partition coefficient (Wildman–Crippen LogP) is 2.34. The van der Waals surface area contributed by atoms with Crippen molar-refractivity contribution in [3.05, 3.63) is 42.5 Å². The Bertz CT molecular complexity index is 370. The van der Waals surface area contributed by atoms with Gasteiger partial charge in [-0.05, 0) is 24.1 Å². The smallest absolute Gasteiger partial charge is 0.162 e. The Morgan fingerprint density at radius 1 is 1.50 bits per heavy atom. The van der Waals surface area contributed by atoms with E-state index >= 15 is 0 Å². The van der Waals surface area contributed by atoms with Gasteiger partial charge in [-0.25, -0.2) is 0 Å². The minimum absolute atomic E-state index is 0.00458. The average molecular weight is 187 g/mol. The first-order valence-corrected chi connectivity index (χ1v) is 4.82. The first kappa shape index (κ1) is 9.00. The molecule has 1 unspecified atom stereocenters. The Kier molecular flexibility index (Phi) is 2.35. The maximum absolute atomic E-state index is 11.6. The molecule has 1 aromatic carbocycles. The number of anilines is 1. The summed E-state index contributed by atoms with van der Waals surface area (Å²) in [6.07, 6.45) is 2.29. The summed E-state index contributed by atoms with van der Waals surface area (Å²) < 4.78 is 0. The topological polar surface area (TPSA) is 29.1 Å². The lowest BCUT2D eigenvalue weighted by molar-refractivity contribution is -0.116. The van der Waals surface area contributed by atoms with E-state index in [1.165, 1.54) is 6.08 Å². The number of hydrogen-bond donors (Lipinski definition) is 1. The van der Waals surface area contributed by atoms with Crippen LogP contribution in [-0.2, 0) is 4.79 Å². The molecule has 14 heavy (non-hydrogen) atoms. The highest BCUT2D eigenvalue weighted by Crippen LogP contribution is 2.31. The quantitative estimate of drug-likeness (QED) is 0.720. The van der Waals surface area contributed by atoms with Gasteiger partial charge in [0.1, 0.15) is 0 Å². The summed E-state index contributed by atoms with van der Waals surface area (Å²) in [5, 5.41) is 3.29. The van der Waals surface area contributed by atoms with Crippen molar-refractivity contribution in [3.63, 3.8) is 0 Å². The van der Waals surface area contributed by atoms with Crippen molar-refractivity contribution in [3.8, 4) is 0 Å². The molecule has 0 radical (unpaired) electrons. The molecule has 0 spiro atoms. The molecule has 2 heteroatoms. The van der Waals surface area contributed by atoms with E-state index in [0.717, 1.165) is 24.2 Å². The standard InChI is InChI=1S/C12H13NO/c1-2-12(14)10-7-8-13-11-6-4-3-5-9(10)11/h2-6,10,13H,1,7-8H2. The lowest BCUT2D eigenvalue weighted by Gasteiger charge is -2.24. The van der Waals surface area contributed by atoms with Gasteiger partial charge in [-0.15, -0.1) is 0 Å². The van der Waals surface area contributed by atoms with Gasteiger partial charge in [0.2, 0.25) is 0 Å². The Hall–Kier alpha value is -1.57. The molecule has 2 nitrogen and oxygen atoms in total. The molecule has 0 aliphatic carbocycles. The van der Waals surface area contributed by atoms with Gasteiger partial charge in [-0.1, -0.05) is 24.8 Å². The Morgan fingerprint density at radius 2 is 2.29 bits per heavy atom. The zero-order valence-electron chi connectivity index (χ0n) is 7.99. The van der Waals surface area contributed by atoms with Crippen molar-refractivity contribution in [2.24, 2.45) is 0 Å². The van der Waals surface area contributed by atoms with Crippen LogP contribution >= 0.6 is 0 Å². The van der Waals surface area contributed by atoms with E-state index in [0.29, 0.717) is 0 Å². The zero-order valence-corrected chi connectivity index (χ0v) is 7.99. The third-order valence-electron chi connectivity index (χ3n) is 2.63. The summed E-state index contributed by atoms with van der Waals surface area (Å²) in [5.41, 5.74) is 2.18. The molecule has 1 heterocycles. The van der Waals surface area contributed by atoms with Crippen LogP contribution in [-0.4, -0.2) is 12.3 Å². The third kappa shape index (κ3) is 1.43. The molecule has 0 bridgehead atoms. The fraction of sp³-hybridized carbons (Fsp3) is 0.250. The summed E-state index contributed by atoms with van der Waals surface area (Å²) in [7, 11) is 0. The lowest BCUT2D eigenvalue weighted by Crippen LogP contribution is -2.21. The number of fused-ring (bicyclic) bond motifs is 1. The average Bonchev–Trinajstić information content (AvgIpc) is 2.27. The van der Waals surface area contributed by atoms with Crippen LogP contribution in [0.1, 0.15) is 17.9 Å². The van der Waals surface area contributed by atoms with Crippen molar-refractivity contribution >= 4 is 11.5 Å². The van der Waals surface area contributed by atoms with Crippen LogP contribution in [0.15, 0.2) is 36.9 Å². The SMILES string of the molecule is C=CC(=O)C1CCNc2ccccc21. The maximum Gasteiger partial charge on any atom is 0.162 e. The van der Waals surface area contributed by atoms with Crippen molar-refractivity contribution < 1.29 is 4.79 Å². The van der Waals surface area contributed by atoms with Crippen LogP contribution in [0.2, 0.25) is 0 Å². The van der Waals surface area contributed by atoms with E-state index < -0.39 is 0 Å². The molecule has 0 fully saturated rings. The molecule has 1 N–H and O–H groups in total. The Morgan fingerprint density at radius 3 is 3.07 bits per heavy atom. The second-order valence-corrected chi connectivity index (χ2v) is 3.46. The van der Waals surface area contributed by atoms with Crippen molar-refractivity contribution in [2.75, 3.05) is 11.9 Å². The molecule has 1 aliphatic rings. The maximum atomic E-state index is 11.6. The number of rotatable bonds is 2. The van der Waals surface area contributed by atoms with Crippen LogP contribution < -0.4 is 5.32 Å². The number of benzene rings is 1. The minimum atomic E-state index is 0.00458. The first-order valence-electron chi connectivity index (χ1n) is 4.82. The van der Waals surface area contributed by atoms with Gasteiger partial charge in [-0.3, -0.25) is 4.79 Å². The highest BCUT2D eigenvalue weighted by atomic mass is 16.1. The van der Waals surface area contributed by atoms with Crippen LogP contribution in [0.5, 0.6) is 0 Å². The summed E-state index contributed by atoms with van der Waals surface area (Å²) in [6.45, 7) is 4.40. The second-order valence-electron chi connectivity index (χ2n) is 3.46. The van der Waals surface area contributed by atoms with Crippen LogP contribution in [0.25, 0.3) is 0 Å². The van der Waals surface area contributed by atoms with Crippen LogP contribution in [0, 0.1) is 0 Å². The summed E-state index contributed by atoms with van der Waals surface area (Å²) in [4.78, 5) is 11.6. The van der Waals surface area contributed by atoms with Crippen LogP contribution in [0.4, 0.5) is 5.69 Å².